The van der Waals surface area contributed by atoms with Crippen LogP contribution in [0, 0.1) is 0 Å². The molecule has 0 unspecified atom stereocenters. The second-order valence-electron chi connectivity index (χ2n) is 4.83. The van der Waals surface area contributed by atoms with Gasteiger partial charge in [-0.05, 0) is 42.3 Å². The summed E-state index contributed by atoms with van der Waals surface area (Å²) in [6.07, 6.45) is 0.815. The lowest BCUT2D eigenvalue weighted by atomic mass is 10.2. The molecule has 2 rings (SSSR count). The Hall–Kier alpha value is -2.10. The molecule has 0 aliphatic carbocycles. The van der Waals surface area contributed by atoms with Crippen molar-refractivity contribution in [3.8, 4) is 0 Å². The van der Waals surface area contributed by atoms with Crippen molar-refractivity contribution < 1.29 is 16.8 Å². The SMILES string of the molecule is CCc1ccc(S(=O)(=O)Nc2cccc(NS(N)(=O)=O)c2)cc1. The molecule has 0 spiro atoms. The van der Waals surface area contributed by atoms with Crippen LogP contribution in [0.15, 0.2) is 53.4 Å². The first-order chi connectivity index (χ1) is 10.7. The third-order valence-corrected chi connectivity index (χ3v) is 4.93. The number of anilines is 2. The third kappa shape index (κ3) is 4.95. The van der Waals surface area contributed by atoms with E-state index in [2.05, 4.69) is 9.44 Å². The number of hydrogen-bond acceptors (Lipinski definition) is 4. The van der Waals surface area contributed by atoms with E-state index in [1.807, 2.05) is 6.92 Å². The van der Waals surface area contributed by atoms with Crippen LogP contribution in [0.5, 0.6) is 0 Å². The highest BCUT2D eigenvalue weighted by Crippen LogP contribution is 2.20. The van der Waals surface area contributed by atoms with Crippen molar-refractivity contribution in [3.05, 3.63) is 54.1 Å². The van der Waals surface area contributed by atoms with E-state index in [9.17, 15) is 16.8 Å². The largest absolute Gasteiger partial charge is 0.296 e. The minimum absolute atomic E-state index is 0.125. The van der Waals surface area contributed by atoms with Gasteiger partial charge in [-0.15, -0.1) is 0 Å². The van der Waals surface area contributed by atoms with Crippen LogP contribution in [0.1, 0.15) is 12.5 Å². The maximum absolute atomic E-state index is 12.3. The molecule has 0 saturated carbocycles. The number of sulfonamides is 1. The first kappa shape index (κ1) is 17.3. The van der Waals surface area contributed by atoms with E-state index >= 15 is 0 Å². The van der Waals surface area contributed by atoms with E-state index in [0.717, 1.165) is 12.0 Å². The summed E-state index contributed by atoms with van der Waals surface area (Å²) in [6.45, 7) is 1.98. The van der Waals surface area contributed by atoms with Crippen molar-refractivity contribution in [2.24, 2.45) is 5.14 Å². The highest BCUT2D eigenvalue weighted by molar-refractivity contribution is 7.92. The Bertz CT molecular complexity index is 892. The molecule has 0 heterocycles. The number of hydrogen-bond donors (Lipinski definition) is 3. The predicted octanol–water partition coefficient (Wildman–Crippen LogP) is 1.67. The molecule has 124 valence electrons. The number of nitrogens with one attached hydrogen (secondary N) is 2. The Morgan fingerprint density at radius 3 is 2.00 bits per heavy atom. The van der Waals surface area contributed by atoms with Gasteiger partial charge < -0.3 is 0 Å². The van der Waals surface area contributed by atoms with Crippen molar-refractivity contribution in [1.82, 2.24) is 0 Å². The highest BCUT2D eigenvalue weighted by Gasteiger charge is 2.14. The molecule has 0 aromatic heterocycles. The molecule has 0 amide bonds. The zero-order chi connectivity index (χ0) is 17.1. The molecular formula is C14H17N3O4S2. The molecule has 0 radical (unpaired) electrons. The summed E-state index contributed by atoms with van der Waals surface area (Å²) in [6, 6.07) is 12.3. The van der Waals surface area contributed by atoms with Crippen LogP contribution in [0.4, 0.5) is 11.4 Å². The molecular weight excluding hydrogens is 338 g/mol. The molecule has 9 heteroatoms. The Labute approximate surface area is 135 Å². The van der Waals surface area contributed by atoms with E-state index in [1.54, 1.807) is 12.1 Å². The molecule has 0 aliphatic heterocycles. The standard InChI is InChI=1S/C14H17N3O4S2/c1-2-11-6-8-14(9-7-11)22(18,19)16-12-4-3-5-13(10-12)17-23(15,20)21/h3-10,16-17H,2H2,1H3,(H2,15,20,21). The fourth-order valence-electron chi connectivity index (χ4n) is 1.93. The second kappa shape index (κ2) is 6.57. The molecule has 0 atom stereocenters. The Balaban J connectivity index is 2.24. The first-order valence-electron chi connectivity index (χ1n) is 6.72. The topological polar surface area (TPSA) is 118 Å². The van der Waals surface area contributed by atoms with Crippen LogP contribution in [0.3, 0.4) is 0 Å². The smallest absolute Gasteiger partial charge is 0.280 e. The summed E-state index contributed by atoms with van der Waals surface area (Å²) in [7, 11) is -7.68. The van der Waals surface area contributed by atoms with Gasteiger partial charge in [-0.3, -0.25) is 9.44 Å². The lowest BCUT2D eigenvalue weighted by molar-refractivity contribution is 0.600. The van der Waals surface area contributed by atoms with Crippen molar-refractivity contribution >= 4 is 31.6 Å². The second-order valence-corrected chi connectivity index (χ2v) is 7.81. The first-order valence-corrected chi connectivity index (χ1v) is 9.75. The van der Waals surface area contributed by atoms with E-state index < -0.39 is 20.2 Å². The average molecular weight is 355 g/mol. The molecule has 23 heavy (non-hydrogen) atoms. The van der Waals surface area contributed by atoms with Gasteiger partial charge >= 0.3 is 0 Å². The maximum atomic E-state index is 12.3. The van der Waals surface area contributed by atoms with Crippen LogP contribution in [-0.2, 0) is 26.7 Å². The Morgan fingerprint density at radius 1 is 0.913 bits per heavy atom. The summed E-state index contributed by atoms with van der Waals surface area (Å²) >= 11 is 0. The van der Waals surface area contributed by atoms with Crippen LogP contribution >= 0.6 is 0 Å². The molecule has 0 fully saturated rings. The van der Waals surface area contributed by atoms with Gasteiger partial charge in [0.15, 0.2) is 0 Å². The summed E-state index contributed by atoms with van der Waals surface area (Å²) in [5.74, 6) is 0. The molecule has 0 aliphatic rings. The summed E-state index contributed by atoms with van der Waals surface area (Å²) in [5.41, 5.74) is 1.41. The zero-order valence-corrected chi connectivity index (χ0v) is 14.0. The Kier molecular flexibility index (Phi) is 4.93. The number of nitrogens with two attached hydrogens (primary N) is 1. The number of benzene rings is 2. The van der Waals surface area contributed by atoms with Crippen LogP contribution < -0.4 is 14.6 Å². The normalized spacial score (nSPS) is 11.9. The van der Waals surface area contributed by atoms with Crippen molar-refractivity contribution in [2.75, 3.05) is 9.44 Å². The Morgan fingerprint density at radius 2 is 1.48 bits per heavy atom. The average Bonchev–Trinajstić information content (AvgIpc) is 2.45. The van der Waals surface area contributed by atoms with Crippen LogP contribution in [0.25, 0.3) is 0 Å². The fraction of sp³-hybridized carbons (Fsp3) is 0.143. The van der Waals surface area contributed by atoms with Crippen molar-refractivity contribution in [3.63, 3.8) is 0 Å². The summed E-state index contributed by atoms with van der Waals surface area (Å²) in [5, 5.41) is 4.89. The van der Waals surface area contributed by atoms with Crippen LogP contribution in [-0.4, -0.2) is 16.8 Å². The summed E-state index contributed by atoms with van der Waals surface area (Å²) in [4.78, 5) is 0.125. The molecule has 2 aromatic carbocycles. The van der Waals surface area contributed by atoms with Crippen LogP contribution in [0.2, 0.25) is 0 Å². The lowest BCUT2D eigenvalue weighted by Gasteiger charge is -2.10. The minimum atomic E-state index is -3.92. The molecule has 2 aromatic rings. The number of rotatable bonds is 6. The minimum Gasteiger partial charge on any atom is -0.280 e. The zero-order valence-electron chi connectivity index (χ0n) is 12.4. The van der Waals surface area contributed by atoms with E-state index in [-0.39, 0.29) is 16.3 Å². The highest BCUT2D eigenvalue weighted by atomic mass is 32.2. The molecule has 4 N–H and O–H groups in total. The van der Waals surface area contributed by atoms with E-state index in [0.29, 0.717) is 0 Å². The van der Waals surface area contributed by atoms with Gasteiger partial charge in [0.05, 0.1) is 16.3 Å². The predicted molar refractivity (Wildman–Crippen MR) is 89.8 cm³/mol. The van der Waals surface area contributed by atoms with E-state index in [4.69, 9.17) is 5.14 Å². The lowest BCUT2D eigenvalue weighted by Crippen LogP contribution is -2.21. The summed E-state index contributed by atoms with van der Waals surface area (Å²) < 4.78 is 51.1. The van der Waals surface area contributed by atoms with Gasteiger partial charge in [-0.1, -0.05) is 25.1 Å². The van der Waals surface area contributed by atoms with Gasteiger partial charge in [0.2, 0.25) is 0 Å². The molecule has 0 saturated heterocycles. The van der Waals surface area contributed by atoms with Gasteiger partial charge in [0, 0.05) is 0 Å². The third-order valence-electron chi connectivity index (χ3n) is 3.02. The molecule has 0 bridgehead atoms. The van der Waals surface area contributed by atoms with E-state index in [1.165, 1.54) is 36.4 Å². The van der Waals surface area contributed by atoms with Crippen molar-refractivity contribution in [1.29, 1.82) is 0 Å². The maximum Gasteiger partial charge on any atom is 0.296 e. The monoisotopic (exact) mass is 355 g/mol. The van der Waals surface area contributed by atoms with Gasteiger partial charge in [0.1, 0.15) is 0 Å². The molecule has 7 nitrogen and oxygen atoms in total. The van der Waals surface area contributed by atoms with Gasteiger partial charge in [0.25, 0.3) is 20.2 Å². The quantitative estimate of drug-likeness (QED) is 0.730. The van der Waals surface area contributed by atoms with Crippen molar-refractivity contribution in [2.45, 2.75) is 18.2 Å². The fourth-order valence-corrected chi connectivity index (χ4v) is 3.43. The number of aryl methyl sites for hydroxylation is 1. The van der Waals surface area contributed by atoms with Gasteiger partial charge in [-0.2, -0.15) is 8.42 Å². The van der Waals surface area contributed by atoms with Gasteiger partial charge in [-0.25, -0.2) is 13.6 Å².